The molecule has 4 aromatic rings. The van der Waals surface area contributed by atoms with Gasteiger partial charge in [-0.05, 0) is 62.1 Å². The van der Waals surface area contributed by atoms with E-state index >= 15 is 0 Å². The number of benzene rings is 1. The number of H-pyrrole nitrogens is 1. The average molecular weight is 417 g/mol. The van der Waals surface area contributed by atoms with E-state index in [1.165, 1.54) is 12.1 Å². The minimum atomic E-state index is -0.266. The Balaban J connectivity index is 1.59. The zero-order chi connectivity index (χ0) is 21.4. The summed E-state index contributed by atoms with van der Waals surface area (Å²) in [5.41, 5.74) is 4.60. The first-order valence-corrected chi connectivity index (χ1v) is 10.6. The van der Waals surface area contributed by atoms with Crippen LogP contribution in [0.5, 0.6) is 0 Å². The average Bonchev–Trinajstić information content (AvgIpc) is 3.41. The lowest BCUT2D eigenvalue weighted by Gasteiger charge is -2.31. The molecule has 1 fully saturated rings. The minimum absolute atomic E-state index is 0.0250. The molecule has 31 heavy (non-hydrogen) atoms. The highest BCUT2D eigenvalue weighted by Crippen LogP contribution is 2.39. The number of pyridine rings is 1. The molecule has 3 heterocycles. The number of carbonyl (C=O) groups is 1. The van der Waals surface area contributed by atoms with Gasteiger partial charge in [0.1, 0.15) is 11.5 Å². The van der Waals surface area contributed by atoms with Crippen LogP contribution >= 0.6 is 0 Å². The van der Waals surface area contributed by atoms with Gasteiger partial charge in [-0.2, -0.15) is 0 Å². The van der Waals surface area contributed by atoms with Gasteiger partial charge in [0.05, 0.1) is 17.7 Å². The number of fused-ring (bicyclic) bond motifs is 1. The summed E-state index contributed by atoms with van der Waals surface area (Å²) in [6, 6.07) is 11.0. The van der Waals surface area contributed by atoms with Crippen molar-refractivity contribution in [2.45, 2.75) is 44.7 Å². The fraction of sp³-hybridized carbons (Fsp3) is 0.292. The molecular formula is C24H24FN5O. The first-order chi connectivity index (χ1) is 15.1. The maximum absolute atomic E-state index is 13.5. The molecule has 1 aromatic carbocycles. The molecular weight excluding hydrogens is 393 g/mol. The van der Waals surface area contributed by atoms with Crippen molar-refractivity contribution >= 4 is 16.9 Å². The molecule has 0 radical (unpaired) electrons. The topological polar surface area (TPSA) is 75.6 Å². The zero-order valence-electron chi connectivity index (χ0n) is 17.3. The Bertz CT molecular complexity index is 1220. The number of aromatic nitrogens is 4. The van der Waals surface area contributed by atoms with Crippen LogP contribution in [0.25, 0.3) is 33.5 Å². The van der Waals surface area contributed by atoms with Crippen LogP contribution in [0.1, 0.15) is 38.6 Å². The zero-order valence-corrected chi connectivity index (χ0v) is 17.3. The summed E-state index contributed by atoms with van der Waals surface area (Å²) in [7, 11) is 0. The molecule has 0 unspecified atom stereocenters. The van der Waals surface area contributed by atoms with Crippen LogP contribution in [-0.4, -0.2) is 31.5 Å². The van der Waals surface area contributed by atoms with Gasteiger partial charge in [0, 0.05) is 47.9 Å². The second-order valence-electron chi connectivity index (χ2n) is 8.16. The van der Waals surface area contributed by atoms with Gasteiger partial charge in [0.15, 0.2) is 0 Å². The van der Waals surface area contributed by atoms with Gasteiger partial charge in [-0.25, -0.2) is 14.4 Å². The van der Waals surface area contributed by atoms with Gasteiger partial charge in [-0.3, -0.25) is 4.79 Å². The molecule has 1 aliphatic carbocycles. The predicted octanol–water partition coefficient (Wildman–Crippen LogP) is 4.85. The molecule has 6 nitrogen and oxygen atoms in total. The SMILES string of the molecule is CC(=O)NC1CCC(n2cnc(-c3ccc(F)cc3)c2-c2ccnc3[nH]ccc23)CC1. The molecule has 0 aliphatic heterocycles. The number of imidazole rings is 1. The number of carbonyl (C=O) groups excluding carboxylic acids is 1. The number of nitrogens with one attached hydrogen (secondary N) is 2. The number of aromatic amines is 1. The molecule has 0 atom stereocenters. The quantitative estimate of drug-likeness (QED) is 0.498. The highest BCUT2D eigenvalue weighted by Gasteiger charge is 2.27. The molecule has 1 saturated carbocycles. The first kappa shape index (κ1) is 19.5. The molecule has 0 saturated heterocycles. The Morgan fingerprint density at radius 3 is 2.61 bits per heavy atom. The lowest BCUT2D eigenvalue weighted by atomic mass is 9.90. The predicted molar refractivity (Wildman–Crippen MR) is 118 cm³/mol. The van der Waals surface area contributed by atoms with Crippen molar-refractivity contribution in [1.82, 2.24) is 24.8 Å². The maximum atomic E-state index is 13.5. The van der Waals surface area contributed by atoms with Gasteiger partial charge < -0.3 is 14.9 Å². The van der Waals surface area contributed by atoms with Crippen molar-refractivity contribution in [2.24, 2.45) is 0 Å². The molecule has 3 aromatic heterocycles. The van der Waals surface area contributed by atoms with Crippen molar-refractivity contribution in [3.05, 3.63) is 60.9 Å². The summed E-state index contributed by atoms with van der Waals surface area (Å²) in [4.78, 5) is 23.8. The summed E-state index contributed by atoms with van der Waals surface area (Å²) in [5.74, 6) is -0.241. The first-order valence-electron chi connectivity index (χ1n) is 10.6. The van der Waals surface area contributed by atoms with Gasteiger partial charge in [-0.15, -0.1) is 0 Å². The van der Waals surface area contributed by atoms with Crippen molar-refractivity contribution < 1.29 is 9.18 Å². The Kier molecular flexibility index (Phi) is 5.02. The fourth-order valence-electron chi connectivity index (χ4n) is 4.68. The van der Waals surface area contributed by atoms with Crippen LogP contribution in [0.4, 0.5) is 4.39 Å². The fourth-order valence-corrected chi connectivity index (χ4v) is 4.68. The summed E-state index contributed by atoms with van der Waals surface area (Å²) in [5, 5.41) is 4.07. The van der Waals surface area contributed by atoms with Crippen LogP contribution in [0, 0.1) is 5.82 Å². The minimum Gasteiger partial charge on any atom is -0.354 e. The second-order valence-corrected chi connectivity index (χ2v) is 8.16. The number of nitrogens with zero attached hydrogens (tertiary/aromatic N) is 3. The van der Waals surface area contributed by atoms with E-state index in [0.717, 1.165) is 59.2 Å². The van der Waals surface area contributed by atoms with Crippen molar-refractivity contribution in [3.63, 3.8) is 0 Å². The largest absolute Gasteiger partial charge is 0.354 e. The Hall–Kier alpha value is -3.48. The van der Waals surface area contributed by atoms with Crippen molar-refractivity contribution in [3.8, 4) is 22.5 Å². The summed E-state index contributed by atoms with van der Waals surface area (Å²) >= 11 is 0. The van der Waals surface area contributed by atoms with E-state index < -0.39 is 0 Å². The van der Waals surface area contributed by atoms with E-state index in [2.05, 4.69) is 19.9 Å². The van der Waals surface area contributed by atoms with Crippen LogP contribution in [0.2, 0.25) is 0 Å². The van der Waals surface area contributed by atoms with E-state index in [9.17, 15) is 9.18 Å². The standard InChI is InChI=1S/C24H24FN5O/c1-15(31)29-18-6-8-19(9-7-18)30-14-28-22(16-2-4-17(25)5-3-16)23(30)20-10-12-26-24-21(20)11-13-27-24/h2-5,10-14,18-19H,6-9H2,1H3,(H,26,27)(H,29,31). The number of halogens is 1. The van der Waals surface area contributed by atoms with Crippen LogP contribution in [0.3, 0.4) is 0 Å². The smallest absolute Gasteiger partial charge is 0.217 e. The Labute approximate surface area is 179 Å². The molecule has 2 N–H and O–H groups in total. The molecule has 1 aliphatic rings. The third kappa shape index (κ3) is 3.71. The van der Waals surface area contributed by atoms with Gasteiger partial charge in [-0.1, -0.05) is 0 Å². The van der Waals surface area contributed by atoms with E-state index in [4.69, 9.17) is 4.98 Å². The van der Waals surface area contributed by atoms with Crippen LogP contribution in [-0.2, 0) is 4.79 Å². The Morgan fingerprint density at radius 1 is 1.10 bits per heavy atom. The maximum Gasteiger partial charge on any atom is 0.217 e. The summed E-state index contributed by atoms with van der Waals surface area (Å²) in [6.07, 6.45) is 9.37. The third-order valence-corrected chi connectivity index (χ3v) is 6.12. The van der Waals surface area contributed by atoms with E-state index in [0.29, 0.717) is 0 Å². The lowest BCUT2D eigenvalue weighted by Crippen LogP contribution is -2.36. The van der Waals surface area contributed by atoms with Gasteiger partial charge >= 0.3 is 0 Å². The van der Waals surface area contributed by atoms with Gasteiger partial charge in [0.25, 0.3) is 0 Å². The number of hydrogen-bond donors (Lipinski definition) is 2. The number of hydrogen-bond acceptors (Lipinski definition) is 3. The molecule has 0 spiro atoms. The molecule has 5 rings (SSSR count). The van der Waals surface area contributed by atoms with E-state index in [1.54, 1.807) is 25.3 Å². The third-order valence-electron chi connectivity index (χ3n) is 6.12. The molecule has 0 bridgehead atoms. The highest BCUT2D eigenvalue weighted by molar-refractivity contribution is 5.95. The molecule has 158 valence electrons. The number of rotatable bonds is 4. The van der Waals surface area contributed by atoms with Crippen LogP contribution in [0.15, 0.2) is 55.1 Å². The van der Waals surface area contributed by atoms with Crippen molar-refractivity contribution in [2.75, 3.05) is 0 Å². The van der Waals surface area contributed by atoms with E-state index in [1.807, 2.05) is 24.7 Å². The lowest BCUT2D eigenvalue weighted by molar-refractivity contribution is -0.119. The van der Waals surface area contributed by atoms with E-state index in [-0.39, 0.29) is 23.8 Å². The summed E-state index contributed by atoms with van der Waals surface area (Å²) < 4.78 is 15.8. The summed E-state index contributed by atoms with van der Waals surface area (Å²) in [6.45, 7) is 1.57. The molecule has 7 heteroatoms. The highest BCUT2D eigenvalue weighted by atomic mass is 19.1. The normalized spacial score (nSPS) is 18.9. The van der Waals surface area contributed by atoms with Gasteiger partial charge in [0.2, 0.25) is 5.91 Å². The Morgan fingerprint density at radius 2 is 1.87 bits per heavy atom. The van der Waals surface area contributed by atoms with Crippen molar-refractivity contribution in [1.29, 1.82) is 0 Å². The van der Waals surface area contributed by atoms with Crippen LogP contribution < -0.4 is 5.32 Å². The molecule has 1 amide bonds. The monoisotopic (exact) mass is 417 g/mol. The second kappa shape index (κ2) is 7.98. The number of amides is 1.